The Morgan fingerprint density at radius 2 is 2.22 bits per heavy atom. The lowest BCUT2D eigenvalue weighted by Gasteiger charge is -2.10. The van der Waals surface area contributed by atoms with E-state index in [0.29, 0.717) is 25.0 Å². The highest BCUT2D eigenvalue weighted by Crippen LogP contribution is 2.25. The molecule has 1 saturated carbocycles. The zero-order valence-corrected chi connectivity index (χ0v) is 9.89. The first-order valence-corrected chi connectivity index (χ1v) is 5.92. The van der Waals surface area contributed by atoms with Gasteiger partial charge in [-0.3, -0.25) is 9.59 Å². The van der Waals surface area contributed by atoms with Gasteiger partial charge in [-0.15, -0.1) is 0 Å². The second-order valence-electron chi connectivity index (χ2n) is 4.49. The van der Waals surface area contributed by atoms with Gasteiger partial charge < -0.3 is 20.6 Å². The highest BCUT2D eigenvalue weighted by Gasteiger charge is 2.31. The second kappa shape index (κ2) is 5.22. The maximum absolute atomic E-state index is 11.8. The standard InChI is InChI=1S/C12H16N2O4/c13-6-9-3-4-10(18-9)11(15)14-8-2-1-7(5-8)12(16)17/h3-4,7-8H,1-2,5-6,13H2,(H,14,15)(H,16,17)/t7-,8+/m1/s1. The molecule has 98 valence electrons. The Labute approximate surface area is 104 Å². The fourth-order valence-electron chi connectivity index (χ4n) is 2.20. The Hall–Kier alpha value is -1.82. The van der Waals surface area contributed by atoms with Crippen LogP contribution in [-0.2, 0) is 11.3 Å². The molecule has 0 saturated heterocycles. The van der Waals surface area contributed by atoms with Crippen molar-refractivity contribution in [1.82, 2.24) is 5.32 Å². The Kier molecular flexibility index (Phi) is 3.66. The summed E-state index contributed by atoms with van der Waals surface area (Å²) in [5.41, 5.74) is 5.39. The summed E-state index contributed by atoms with van der Waals surface area (Å²) in [7, 11) is 0. The number of nitrogens with two attached hydrogens (primary N) is 1. The molecule has 0 aliphatic heterocycles. The zero-order chi connectivity index (χ0) is 13.1. The number of furan rings is 1. The zero-order valence-electron chi connectivity index (χ0n) is 9.89. The van der Waals surface area contributed by atoms with Crippen LogP contribution in [0.1, 0.15) is 35.6 Å². The molecule has 0 aromatic carbocycles. The molecule has 2 atom stereocenters. The number of carboxylic acids is 1. The molecule has 1 amide bonds. The van der Waals surface area contributed by atoms with Gasteiger partial charge in [0.2, 0.25) is 0 Å². The molecule has 1 aromatic heterocycles. The van der Waals surface area contributed by atoms with Gasteiger partial charge in [0.15, 0.2) is 5.76 Å². The van der Waals surface area contributed by atoms with Gasteiger partial charge in [-0.2, -0.15) is 0 Å². The predicted octanol–water partition coefficient (Wildman–Crippen LogP) is 0.721. The minimum absolute atomic E-state index is 0.0926. The molecule has 6 nitrogen and oxygen atoms in total. The summed E-state index contributed by atoms with van der Waals surface area (Å²) in [5, 5.41) is 11.7. The highest BCUT2D eigenvalue weighted by molar-refractivity contribution is 5.91. The largest absolute Gasteiger partial charge is 0.481 e. The Morgan fingerprint density at radius 3 is 2.78 bits per heavy atom. The van der Waals surface area contributed by atoms with Gasteiger partial charge in [0.25, 0.3) is 5.91 Å². The number of carbonyl (C=O) groups excluding carboxylic acids is 1. The van der Waals surface area contributed by atoms with Crippen LogP contribution in [0.4, 0.5) is 0 Å². The maximum Gasteiger partial charge on any atom is 0.306 e. The van der Waals surface area contributed by atoms with Crippen molar-refractivity contribution in [2.45, 2.75) is 31.8 Å². The molecule has 1 aliphatic rings. The average molecular weight is 252 g/mol. The minimum atomic E-state index is -0.796. The molecule has 0 spiro atoms. The molecular weight excluding hydrogens is 236 g/mol. The van der Waals surface area contributed by atoms with E-state index in [0.717, 1.165) is 0 Å². The SMILES string of the molecule is NCc1ccc(C(=O)N[C@H]2CC[C@@H](C(=O)O)C2)o1. The third kappa shape index (κ3) is 2.70. The van der Waals surface area contributed by atoms with E-state index in [1.54, 1.807) is 12.1 Å². The van der Waals surface area contributed by atoms with Gasteiger partial charge in [-0.25, -0.2) is 0 Å². The number of carbonyl (C=O) groups is 2. The molecule has 4 N–H and O–H groups in total. The summed E-state index contributed by atoms with van der Waals surface area (Å²) >= 11 is 0. The Bertz CT molecular complexity index is 455. The molecule has 1 heterocycles. The topological polar surface area (TPSA) is 106 Å². The van der Waals surface area contributed by atoms with E-state index >= 15 is 0 Å². The lowest BCUT2D eigenvalue weighted by atomic mass is 10.1. The lowest BCUT2D eigenvalue weighted by molar-refractivity contribution is -0.141. The van der Waals surface area contributed by atoms with Gasteiger partial charge in [0.05, 0.1) is 12.5 Å². The molecule has 1 aromatic rings. The first kappa shape index (κ1) is 12.6. The first-order chi connectivity index (χ1) is 8.60. The molecule has 1 aliphatic carbocycles. The van der Waals surface area contributed by atoms with Crippen LogP contribution in [0.2, 0.25) is 0 Å². The molecule has 0 unspecified atom stereocenters. The van der Waals surface area contributed by atoms with E-state index in [1.165, 1.54) is 0 Å². The van der Waals surface area contributed by atoms with Crippen molar-refractivity contribution in [2.24, 2.45) is 11.7 Å². The van der Waals surface area contributed by atoms with Crippen LogP contribution in [-0.4, -0.2) is 23.0 Å². The number of nitrogens with one attached hydrogen (secondary N) is 1. The molecule has 18 heavy (non-hydrogen) atoms. The van der Waals surface area contributed by atoms with E-state index in [1.807, 2.05) is 0 Å². The van der Waals surface area contributed by atoms with Gasteiger partial charge in [-0.1, -0.05) is 0 Å². The summed E-state index contributed by atoms with van der Waals surface area (Å²) in [6, 6.07) is 3.13. The number of rotatable bonds is 4. The fraction of sp³-hybridized carbons (Fsp3) is 0.500. The summed E-state index contributed by atoms with van der Waals surface area (Å²) in [6.45, 7) is 0.248. The maximum atomic E-state index is 11.8. The fourth-order valence-corrected chi connectivity index (χ4v) is 2.20. The molecule has 6 heteroatoms. The first-order valence-electron chi connectivity index (χ1n) is 5.92. The van der Waals surface area contributed by atoms with Crippen LogP contribution in [0.3, 0.4) is 0 Å². The van der Waals surface area contributed by atoms with Gasteiger partial charge in [0.1, 0.15) is 5.76 Å². The van der Waals surface area contributed by atoms with Crippen molar-refractivity contribution in [3.05, 3.63) is 23.7 Å². The summed E-state index contributed by atoms with van der Waals surface area (Å²) in [5.74, 6) is -0.698. The van der Waals surface area contributed by atoms with Crippen molar-refractivity contribution in [3.63, 3.8) is 0 Å². The molecule has 1 fully saturated rings. The van der Waals surface area contributed by atoms with E-state index in [4.69, 9.17) is 15.3 Å². The quantitative estimate of drug-likeness (QED) is 0.732. The van der Waals surface area contributed by atoms with Crippen LogP contribution in [0.25, 0.3) is 0 Å². The van der Waals surface area contributed by atoms with Crippen LogP contribution in [0.15, 0.2) is 16.5 Å². The third-order valence-corrected chi connectivity index (χ3v) is 3.20. The van der Waals surface area contributed by atoms with E-state index in [2.05, 4.69) is 5.32 Å². The average Bonchev–Trinajstić information content (AvgIpc) is 2.96. The third-order valence-electron chi connectivity index (χ3n) is 3.20. The monoisotopic (exact) mass is 252 g/mol. The molecule has 2 rings (SSSR count). The van der Waals surface area contributed by atoms with Gasteiger partial charge in [-0.05, 0) is 31.4 Å². The summed E-state index contributed by atoms with van der Waals surface area (Å²) in [6.07, 6.45) is 1.77. The molecular formula is C12H16N2O4. The minimum Gasteiger partial charge on any atom is -0.481 e. The smallest absolute Gasteiger partial charge is 0.306 e. The number of hydrogen-bond donors (Lipinski definition) is 3. The Balaban J connectivity index is 1.90. The molecule has 0 bridgehead atoms. The van der Waals surface area contributed by atoms with Crippen LogP contribution >= 0.6 is 0 Å². The normalized spacial score (nSPS) is 22.9. The number of hydrogen-bond acceptors (Lipinski definition) is 4. The van der Waals surface area contributed by atoms with E-state index in [-0.39, 0.29) is 30.2 Å². The van der Waals surface area contributed by atoms with Crippen molar-refractivity contribution in [3.8, 4) is 0 Å². The van der Waals surface area contributed by atoms with E-state index in [9.17, 15) is 9.59 Å². The predicted molar refractivity (Wildman–Crippen MR) is 62.8 cm³/mol. The van der Waals surface area contributed by atoms with Crippen LogP contribution in [0, 0.1) is 5.92 Å². The summed E-state index contributed by atoms with van der Waals surface area (Å²) < 4.78 is 5.23. The number of aliphatic carboxylic acids is 1. The van der Waals surface area contributed by atoms with Gasteiger partial charge in [0, 0.05) is 6.04 Å². The Morgan fingerprint density at radius 1 is 1.44 bits per heavy atom. The van der Waals surface area contributed by atoms with Crippen LogP contribution < -0.4 is 11.1 Å². The van der Waals surface area contributed by atoms with Crippen molar-refractivity contribution in [2.75, 3.05) is 0 Å². The van der Waals surface area contributed by atoms with E-state index < -0.39 is 5.97 Å². The number of carboxylic acid groups (broad SMARTS) is 1. The van der Waals surface area contributed by atoms with Crippen molar-refractivity contribution >= 4 is 11.9 Å². The van der Waals surface area contributed by atoms with Gasteiger partial charge >= 0.3 is 5.97 Å². The summed E-state index contributed by atoms with van der Waals surface area (Å²) in [4.78, 5) is 22.6. The second-order valence-corrected chi connectivity index (χ2v) is 4.49. The van der Waals surface area contributed by atoms with Crippen molar-refractivity contribution in [1.29, 1.82) is 0 Å². The van der Waals surface area contributed by atoms with Crippen molar-refractivity contribution < 1.29 is 19.1 Å². The van der Waals surface area contributed by atoms with Crippen LogP contribution in [0.5, 0.6) is 0 Å². The molecule has 0 radical (unpaired) electrons. The lowest BCUT2D eigenvalue weighted by Crippen LogP contribution is -2.33. The number of amides is 1. The highest BCUT2D eigenvalue weighted by atomic mass is 16.4.